The largest absolute Gasteiger partial charge is 0.372 e. The number of rotatable bonds is 7. The molecule has 2 heterocycles. The molecule has 0 spiro atoms. The van der Waals surface area contributed by atoms with E-state index >= 15 is 0 Å². The van der Waals surface area contributed by atoms with Crippen LogP contribution in [0.4, 0.5) is 17.1 Å². The van der Waals surface area contributed by atoms with Gasteiger partial charge in [-0.15, -0.1) is 0 Å². The van der Waals surface area contributed by atoms with Gasteiger partial charge < -0.3 is 15.5 Å². The lowest BCUT2D eigenvalue weighted by atomic mass is 10.1. The van der Waals surface area contributed by atoms with Crippen molar-refractivity contribution in [2.45, 2.75) is 19.3 Å². The molecule has 1 aromatic heterocycles. The molecule has 0 atom stereocenters. The first kappa shape index (κ1) is 19.0. The summed E-state index contributed by atoms with van der Waals surface area (Å²) in [7, 11) is 0. The van der Waals surface area contributed by atoms with Crippen molar-refractivity contribution >= 4 is 23.0 Å². The molecule has 1 fully saturated rings. The molecule has 1 aliphatic heterocycles. The molecule has 2 N–H and O–H groups in total. The number of benzene rings is 2. The van der Waals surface area contributed by atoms with Crippen molar-refractivity contribution < 1.29 is 4.79 Å². The quantitative estimate of drug-likeness (QED) is 0.632. The van der Waals surface area contributed by atoms with E-state index in [2.05, 4.69) is 56.9 Å². The Morgan fingerprint density at radius 3 is 2.31 bits per heavy atom. The Kier molecular flexibility index (Phi) is 6.05. The maximum absolute atomic E-state index is 12.3. The van der Waals surface area contributed by atoms with Crippen molar-refractivity contribution in [1.29, 1.82) is 0 Å². The molecule has 2 aromatic carbocycles. The van der Waals surface area contributed by atoms with Gasteiger partial charge in [0.05, 0.1) is 11.9 Å². The zero-order chi connectivity index (χ0) is 19.9. The maximum Gasteiger partial charge on any atom is 0.269 e. The highest BCUT2D eigenvalue weighted by Gasteiger charge is 2.12. The fourth-order valence-electron chi connectivity index (χ4n) is 3.56. The third-order valence-corrected chi connectivity index (χ3v) is 5.17. The number of hydrogen-bond donors (Lipinski definition) is 2. The normalized spacial score (nSPS) is 13.3. The fraction of sp³-hybridized carbons (Fsp3) is 0.250. The maximum atomic E-state index is 12.3. The summed E-state index contributed by atoms with van der Waals surface area (Å²) in [5, 5.41) is 6.26. The van der Waals surface area contributed by atoms with Crippen LogP contribution in [-0.4, -0.2) is 30.5 Å². The van der Waals surface area contributed by atoms with Crippen molar-refractivity contribution in [2.24, 2.45) is 0 Å². The number of nitrogens with one attached hydrogen (secondary N) is 2. The van der Waals surface area contributed by atoms with Gasteiger partial charge in [0, 0.05) is 31.0 Å². The van der Waals surface area contributed by atoms with Crippen LogP contribution in [0.15, 0.2) is 72.9 Å². The number of carbonyl (C=O) groups is 1. The Labute approximate surface area is 171 Å². The van der Waals surface area contributed by atoms with Crippen molar-refractivity contribution in [3.05, 3.63) is 84.2 Å². The minimum Gasteiger partial charge on any atom is -0.372 e. The summed E-state index contributed by atoms with van der Waals surface area (Å²) in [5.74, 6) is -0.151. The lowest BCUT2D eigenvalue weighted by Crippen LogP contribution is -2.26. The van der Waals surface area contributed by atoms with Crippen LogP contribution in [0, 0.1) is 0 Å². The molecule has 1 saturated heterocycles. The molecule has 0 bridgehead atoms. The van der Waals surface area contributed by atoms with Crippen LogP contribution < -0.4 is 15.5 Å². The summed E-state index contributed by atoms with van der Waals surface area (Å²) in [5.41, 5.74) is 4.77. The second kappa shape index (κ2) is 9.24. The Bertz CT molecular complexity index is 917. The third kappa shape index (κ3) is 5.13. The molecule has 29 heavy (non-hydrogen) atoms. The van der Waals surface area contributed by atoms with Gasteiger partial charge in [0.2, 0.25) is 0 Å². The summed E-state index contributed by atoms with van der Waals surface area (Å²) >= 11 is 0. The van der Waals surface area contributed by atoms with E-state index < -0.39 is 0 Å². The zero-order valence-electron chi connectivity index (χ0n) is 16.5. The van der Waals surface area contributed by atoms with Crippen LogP contribution in [0.25, 0.3) is 0 Å². The fourth-order valence-corrected chi connectivity index (χ4v) is 3.56. The number of anilines is 3. The van der Waals surface area contributed by atoms with Gasteiger partial charge in [-0.1, -0.05) is 30.3 Å². The molecular weight excluding hydrogens is 360 g/mol. The van der Waals surface area contributed by atoms with Gasteiger partial charge in [0.15, 0.2) is 0 Å². The number of amides is 1. The van der Waals surface area contributed by atoms with Crippen molar-refractivity contribution in [3.8, 4) is 0 Å². The van der Waals surface area contributed by atoms with Gasteiger partial charge in [-0.2, -0.15) is 0 Å². The molecule has 1 amide bonds. The van der Waals surface area contributed by atoms with E-state index in [1.807, 2.05) is 24.3 Å². The van der Waals surface area contributed by atoms with Crippen molar-refractivity contribution in [3.63, 3.8) is 0 Å². The predicted molar refractivity (Wildman–Crippen MR) is 118 cm³/mol. The summed E-state index contributed by atoms with van der Waals surface area (Å²) < 4.78 is 0. The summed E-state index contributed by atoms with van der Waals surface area (Å²) in [6.07, 6.45) is 5.05. The third-order valence-electron chi connectivity index (χ3n) is 5.17. The van der Waals surface area contributed by atoms with E-state index in [0.29, 0.717) is 12.2 Å². The number of hydrogen-bond acceptors (Lipinski definition) is 4. The molecular formula is C24H26N4O. The van der Waals surface area contributed by atoms with Crippen LogP contribution in [0.2, 0.25) is 0 Å². The van der Waals surface area contributed by atoms with Crippen LogP contribution in [0.3, 0.4) is 0 Å². The summed E-state index contributed by atoms with van der Waals surface area (Å²) in [6, 6.07) is 22.2. The zero-order valence-corrected chi connectivity index (χ0v) is 16.5. The SMILES string of the molecule is O=C(NCCc1ccccc1)c1ccc(Nc2ccc(N3CCCC3)cc2)cn1. The first-order valence-corrected chi connectivity index (χ1v) is 10.2. The topological polar surface area (TPSA) is 57.3 Å². The average Bonchev–Trinajstić information content (AvgIpc) is 3.30. The Morgan fingerprint density at radius 1 is 0.897 bits per heavy atom. The smallest absolute Gasteiger partial charge is 0.269 e. The van der Waals surface area contributed by atoms with E-state index in [4.69, 9.17) is 0 Å². The molecule has 5 nitrogen and oxygen atoms in total. The van der Waals surface area contributed by atoms with E-state index in [1.165, 1.54) is 24.1 Å². The van der Waals surface area contributed by atoms with Gasteiger partial charge in [0.1, 0.15) is 5.69 Å². The molecule has 0 aliphatic carbocycles. The Hall–Kier alpha value is -3.34. The molecule has 0 unspecified atom stereocenters. The monoisotopic (exact) mass is 386 g/mol. The Balaban J connectivity index is 1.28. The van der Waals surface area contributed by atoms with Crippen molar-refractivity contribution in [2.75, 3.05) is 29.9 Å². The van der Waals surface area contributed by atoms with Gasteiger partial charge >= 0.3 is 0 Å². The van der Waals surface area contributed by atoms with E-state index in [1.54, 1.807) is 12.3 Å². The van der Waals surface area contributed by atoms with Gasteiger partial charge in [0.25, 0.3) is 5.91 Å². The van der Waals surface area contributed by atoms with Gasteiger partial charge in [-0.05, 0) is 61.2 Å². The lowest BCUT2D eigenvalue weighted by Gasteiger charge is -2.18. The Morgan fingerprint density at radius 2 is 1.62 bits per heavy atom. The van der Waals surface area contributed by atoms with E-state index in [-0.39, 0.29) is 5.91 Å². The first-order chi connectivity index (χ1) is 14.3. The number of pyridine rings is 1. The van der Waals surface area contributed by atoms with Gasteiger partial charge in [-0.25, -0.2) is 4.98 Å². The summed E-state index contributed by atoms with van der Waals surface area (Å²) in [6.45, 7) is 2.88. The van der Waals surface area contributed by atoms with Gasteiger partial charge in [-0.3, -0.25) is 4.79 Å². The second-order valence-corrected chi connectivity index (χ2v) is 7.29. The van der Waals surface area contributed by atoms with Crippen LogP contribution in [0.1, 0.15) is 28.9 Å². The minimum absolute atomic E-state index is 0.151. The number of nitrogens with zero attached hydrogens (tertiary/aromatic N) is 2. The van der Waals surface area contributed by atoms with Crippen LogP contribution in [-0.2, 0) is 6.42 Å². The molecule has 5 heteroatoms. The highest BCUT2D eigenvalue weighted by Crippen LogP contribution is 2.23. The number of carbonyl (C=O) groups excluding carboxylic acids is 1. The first-order valence-electron chi connectivity index (χ1n) is 10.2. The van der Waals surface area contributed by atoms with Crippen molar-refractivity contribution in [1.82, 2.24) is 10.3 Å². The predicted octanol–water partition coefficient (Wildman–Crippen LogP) is 4.40. The highest BCUT2D eigenvalue weighted by molar-refractivity contribution is 5.92. The molecule has 148 valence electrons. The highest BCUT2D eigenvalue weighted by atomic mass is 16.1. The summed E-state index contributed by atoms with van der Waals surface area (Å²) in [4.78, 5) is 19.0. The number of aromatic nitrogens is 1. The second-order valence-electron chi connectivity index (χ2n) is 7.29. The molecule has 1 aliphatic rings. The van der Waals surface area contributed by atoms with Crippen LogP contribution in [0.5, 0.6) is 0 Å². The molecule has 4 rings (SSSR count). The lowest BCUT2D eigenvalue weighted by molar-refractivity contribution is 0.0949. The standard InChI is InChI=1S/C24H26N4O/c29-24(25-15-14-19-6-2-1-3-7-19)23-13-10-21(18-26-23)27-20-8-11-22(12-9-20)28-16-4-5-17-28/h1-3,6-13,18,27H,4-5,14-17H2,(H,25,29). The molecule has 0 radical (unpaired) electrons. The van der Waals surface area contributed by atoms with Crippen LogP contribution >= 0.6 is 0 Å². The van der Waals surface area contributed by atoms with E-state index in [9.17, 15) is 4.79 Å². The minimum atomic E-state index is -0.151. The molecule has 3 aromatic rings. The van der Waals surface area contributed by atoms with E-state index in [0.717, 1.165) is 30.9 Å². The molecule has 0 saturated carbocycles. The average molecular weight is 386 g/mol.